The number of methoxy groups -OCH3 is 2. The van der Waals surface area contributed by atoms with Crippen LogP contribution in [0.1, 0.15) is 24.1 Å². The predicted octanol–water partition coefficient (Wildman–Crippen LogP) is 1.86. The minimum absolute atomic E-state index is 0.00440. The molecule has 78 valence electrons. The molecule has 2 N–H and O–H groups in total. The molecule has 0 saturated carbocycles. The Morgan fingerprint density at radius 2 is 2.07 bits per heavy atom. The first-order chi connectivity index (χ1) is 6.70. The molecule has 1 unspecified atom stereocenters. The summed E-state index contributed by atoms with van der Waals surface area (Å²) in [5.74, 6) is 0.835. The summed E-state index contributed by atoms with van der Waals surface area (Å²) in [7, 11) is 3.32. The lowest BCUT2D eigenvalue weighted by Crippen LogP contribution is -2.09. The Hall–Kier alpha value is -1.06. The van der Waals surface area contributed by atoms with Gasteiger partial charge in [0.25, 0.3) is 0 Å². The second-order valence-corrected chi connectivity index (χ2v) is 3.25. The van der Waals surface area contributed by atoms with Crippen LogP contribution >= 0.6 is 0 Å². The summed E-state index contributed by atoms with van der Waals surface area (Å²) in [6.07, 6.45) is 0. The zero-order valence-electron chi connectivity index (χ0n) is 8.91. The van der Waals surface area contributed by atoms with E-state index in [0.717, 1.165) is 16.9 Å². The van der Waals surface area contributed by atoms with Gasteiger partial charge in [0, 0.05) is 18.7 Å². The van der Waals surface area contributed by atoms with Crippen LogP contribution in [0.25, 0.3) is 0 Å². The van der Waals surface area contributed by atoms with Crippen molar-refractivity contribution in [3.8, 4) is 5.75 Å². The highest BCUT2D eigenvalue weighted by atomic mass is 16.5. The summed E-state index contributed by atoms with van der Waals surface area (Å²) >= 11 is 0. The van der Waals surface area contributed by atoms with E-state index in [1.54, 1.807) is 14.2 Å². The highest BCUT2D eigenvalue weighted by molar-refractivity contribution is 5.41. The van der Waals surface area contributed by atoms with E-state index in [9.17, 15) is 0 Å². The van der Waals surface area contributed by atoms with Crippen molar-refractivity contribution in [1.82, 2.24) is 0 Å². The molecule has 14 heavy (non-hydrogen) atoms. The van der Waals surface area contributed by atoms with Crippen molar-refractivity contribution in [3.63, 3.8) is 0 Å². The highest BCUT2D eigenvalue weighted by Crippen LogP contribution is 2.26. The van der Waals surface area contributed by atoms with Crippen LogP contribution in [0.4, 0.5) is 0 Å². The van der Waals surface area contributed by atoms with Gasteiger partial charge < -0.3 is 15.2 Å². The zero-order valence-corrected chi connectivity index (χ0v) is 8.91. The first kappa shape index (κ1) is 11.0. The van der Waals surface area contributed by atoms with Gasteiger partial charge in [0.05, 0.1) is 13.7 Å². The Morgan fingerprint density at radius 3 is 2.57 bits per heavy atom. The van der Waals surface area contributed by atoms with Crippen molar-refractivity contribution in [2.75, 3.05) is 14.2 Å². The summed E-state index contributed by atoms with van der Waals surface area (Å²) in [4.78, 5) is 0. The van der Waals surface area contributed by atoms with E-state index in [2.05, 4.69) is 0 Å². The maximum Gasteiger partial charge on any atom is 0.124 e. The average Bonchev–Trinajstić information content (AvgIpc) is 2.18. The minimum Gasteiger partial charge on any atom is -0.496 e. The lowest BCUT2D eigenvalue weighted by molar-refractivity contribution is 0.180. The van der Waals surface area contributed by atoms with Crippen molar-refractivity contribution >= 4 is 0 Å². The van der Waals surface area contributed by atoms with E-state index in [4.69, 9.17) is 15.2 Å². The quantitative estimate of drug-likeness (QED) is 0.797. The Balaban J connectivity index is 3.13. The summed E-state index contributed by atoms with van der Waals surface area (Å²) in [6.45, 7) is 2.48. The lowest BCUT2D eigenvalue weighted by Gasteiger charge is -2.15. The van der Waals surface area contributed by atoms with Crippen LogP contribution in [0.15, 0.2) is 18.2 Å². The molecule has 0 saturated heterocycles. The molecule has 0 amide bonds. The third kappa shape index (κ3) is 2.25. The molecule has 3 heteroatoms. The van der Waals surface area contributed by atoms with Crippen LogP contribution < -0.4 is 10.5 Å². The molecule has 0 heterocycles. The van der Waals surface area contributed by atoms with Gasteiger partial charge in [0.2, 0.25) is 0 Å². The molecular formula is C11H17NO2. The van der Waals surface area contributed by atoms with Gasteiger partial charge in [-0.25, -0.2) is 0 Å². The van der Waals surface area contributed by atoms with Crippen LogP contribution in [-0.2, 0) is 11.3 Å². The molecule has 0 aliphatic heterocycles. The molecule has 0 aromatic heterocycles. The third-order valence-electron chi connectivity index (χ3n) is 2.17. The largest absolute Gasteiger partial charge is 0.496 e. The number of ether oxygens (including phenoxy) is 2. The van der Waals surface area contributed by atoms with E-state index in [0.29, 0.717) is 6.61 Å². The van der Waals surface area contributed by atoms with Gasteiger partial charge in [0.15, 0.2) is 0 Å². The van der Waals surface area contributed by atoms with Crippen LogP contribution in [0.3, 0.4) is 0 Å². The average molecular weight is 195 g/mol. The highest BCUT2D eigenvalue weighted by Gasteiger charge is 2.11. The maximum atomic E-state index is 5.86. The van der Waals surface area contributed by atoms with Crippen LogP contribution in [-0.4, -0.2) is 14.2 Å². The topological polar surface area (TPSA) is 44.5 Å². The molecule has 1 atom stereocenters. The van der Waals surface area contributed by atoms with Crippen molar-refractivity contribution in [2.45, 2.75) is 19.6 Å². The zero-order chi connectivity index (χ0) is 10.6. The third-order valence-corrected chi connectivity index (χ3v) is 2.17. The molecule has 0 aliphatic rings. The van der Waals surface area contributed by atoms with Crippen molar-refractivity contribution in [1.29, 1.82) is 0 Å². The first-order valence-corrected chi connectivity index (χ1v) is 4.61. The van der Waals surface area contributed by atoms with Gasteiger partial charge in [-0.1, -0.05) is 12.1 Å². The molecular weight excluding hydrogens is 178 g/mol. The summed E-state index contributed by atoms with van der Waals surface area (Å²) in [6, 6.07) is 5.86. The van der Waals surface area contributed by atoms with Crippen molar-refractivity contribution in [2.24, 2.45) is 5.73 Å². The Bertz CT molecular complexity index is 297. The van der Waals surface area contributed by atoms with E-state index in [1.165, 1.54) is 0 Å². The van der Waals surface area contributed by atoms with E-state index < -0.39 is 0 Å². The van der Waals surface area contributed by atoms with Crippen LogP contribution in [0.2, 0.25) is 0 Å². The molecule has 0 fully saturated rings. The van der Waals surface area contributed by atoms with Gasteiger partial charge in [-0.15, -0.1) is 0 Å². The van der Waals surface area contributed by atoms with Crippen molar-refractivity contribution < 1.29 is 9.47 Å². The number of hydrogen-bond acceptors (Lipinski definition) is 3. The summed E-state index contributed by atoms with van der Waals surface area (Å²) in [5.41, 5.74) is 7.97. The van der Waals surface area contributed by atoms with Crippen LogP contribution in [0.5, 0.6) is 5.75 Å². The summed E-state index contributed by atoms with van der Waals surface area (Å²) in [5, 5.41) is 0. The van der Waals surface area contributed by atoms with Crippen LogP contribution in [0, 0.1) is 0 Å². The normalized spacial score (nSPS) is 12.6. The SMILES string of the molecule is COCc1c(OC)cccc1C(C)N. The fourth-order valence-electron chi connectivity index (χ4n) is 1.50. The number of nitrogens with two attached hydrogens (primary N) is 1. The molecule has 0 radical (unpaired) electrons. The Kier molecular flexibility index (Phi) is 3.92. The fourth-order valence-corrected chi connectivity index (χ4v) is 1.50. The molecule has 3 nitrogen and oxygen atoms in total. The summed E-state index contributed by atoms with van der Waals surface area (Å²) < 4.78 is 10.4. The van der Waals surface area contributed by atoms with Gasteiger partial charge in [-0.05, 0) is 18.6 Å². The minimum atomic E-state index is -0.00440. The van der Waals surface area contributed by atoms with Gasteiger partial charge >= 0.3 is 0 Å². The fraction of sp³-hybridized carbons (Fsp3) is 0.455. The first-order valence-electron chi connectivity index (χ1n) is 4.61. The monoisotopic (exact) mass is 195 g/mol. The van der Waals surface area contributed by atoms with E-state index >= 15 is 0 Å². The van der Waals surface area contributed by atoms with Gasteiger partial charge in [-0.3, -0.25) is 0 Å². The second-order valence-electron chi connectivity index (χ2n) is 3.25. The Labute approximate surface area is 84.8 Å². The number of rotatable bonds is 4. The Morgan fingerprint density at radius 1 is 1.36 bits per heavy atom. The van der Waals surface area contributed by atoms with E-state index in [-0.39, 0.29) is 6.04 Å². The number of benzene rings is 1. The van der Waals surface area contributed by atoms with Crippen molar-refractivity contribution in [3.05, 3.63) is 29.3 Å². The molecule has 1 aromatic rings. The molecule has 0 bridgehead atoms. The number of hydrogen-bond donors (Lipinski definition) is 1. The van der Waals surface area contributed by atoms with Gasteiger partial charge in [0.1, 0.15) is 5.75 Å². The van der Waals surface area contributed by atoms with E-state index in [1.807, 2.05) is 25.1 Å². The molecule has 1 aromatic carbocycles. The second kappa shape index (κ2) is 4.98. The molecule has 1 rings (SSSR count). The standard InChI is InChI=1S/C11H17NO2/c1-8(12)9-5-4-6-11(14-3)10(9)7-13-2/h4-6,8H,7,12H2,1-3H3. The lowest BCUT2D eigenvalue weighted by atomic mass is 10.0. The predicted molar refractivity (Wildman–Crippen MR) is 56.3 cm³/mol. The smallest absolute Gasteiger partial charge is 0.124 e. The molecule has 0 spiro atoms. The maximum absolute atomic E-state index is 5.86. The molecule has 0 aliphatic carbocycles. The van der Waals surface area contributed by atoms with Gasteiger partial charge in [-0.2, -0.15) is 0 Å².